The zero-order valence-electron chi connectivity index (χ0n) is 13.8. The summed E-state index contributed by atoms with van der Waals surface area (Å²) in [7, 11) is 0. The number of aromatic nitrogens is 2. The van der Waals surface area contributed by atoms with Gasteiger partial charge in [-0.3, -0.25) is 4.79 Å². The second kappa shape index (κ2) is 6.51. The maximum absolute atomic E-state index is 12.9. The standard InChI is InChI=1S/C18H17ClN4O3/c19-13-7-11(8-14-16(13)22-18(26)21-14)17(25)23-6-5-20-15(9-23)10-1-3-12(24)4-2-10/h1-4,7-8,15,20,24H,5-6,9H2,(H2,21,22,26). The molecule has 1 fully saturated rings. The van der Waals surface area contributed by atoms with Crippen molar-refractivity contribution in [2.24, 2.45) is 0 Å². The Balaban J connectivity index is 1.59. The summed E-state index contributed by atoms with van der Waals surface area (Å²) in [6.45, 7) is 1.74. The Morgan fingerprint density at radius 3 is 2.73 bits per heavy atom. The Morgan fingerprint density at radius 1 is 1.19 bits per heavy atom. The van der Waals surface area contributed by atoms with E-state index in [1.807, 2.05) is 12.1 Å². The third kappa shape index (κ3) is 3.07. The van der Waals surface area contributed by atoms with Gasteiger partial charge in [0.25, 0.3) is 5.91 Å². The normalized spacial score (nSPS) is 17.6. The van der Waals surface area contributed by atoms with Crippen molar-refractivity contribution in [2.45, 2.75) is 6.04 Å². The lowest BCUT2D eigenvalue weighted by Gasteiger charge is -2.34. The molecule has 7 nitrogen and oxygen atoms in total. The second-order valence-corrected chi connectivity index (χ2v) is 6.72. The first-order chi connectivity index (χ1) is 12.5. The van der Waals surface area contributed by atoms with E-state index >= 15 is 0 Å². The summed E-state index contributed by atoms with van der Waals surface area (Å²) in [5.41, 5.74) is 2.08. The quantitative estimate of drug-likeness (QED) is 0.552. The van der Waals surface area contributed by atoms with E-state index in [4.69, 9.17) is 11.6 Å². The number of carbonyl (C=O) groups excluding carboxylic acids is 1. The van der Waals surface area contributed by atoms with Gasteiger partial charge in [-0.1, -0.05) is 23.7 Å². The first-order valence-electron chi connectivity index (χ1n) is 8.24. The Bertz CT molecular complexity index is 1030. The van der Waals surface area contributed by atoms with E-state index in [9.17, 15) is 14.7 Å². The molecule has 1 aliphatic rings. The molecule has 0 spiro atoms. The van der Waals surface area contributed by atoms with Gasteiger partial charge in [-0.15, -0.1) is 0 Å². The van der Waals surface area contributed by atoms with Gasteiger partial charge in [0.15, 0.2) is 0 Å². The predicted molar refractivity (Wildman–Crippen MR) is 98.7 cm³/mol. The van der Waals surface area contributed by atoms with Crippen LogP contribution in [0.4, 0.5) is 0 Å². The molecule has 1 saturated heterocycles. The molecular formula is C18H17ClN4O3. The number of carbonyl (C=O) groups is 1. The van der Waals surface area contributed by atoms with E-state index in [2.05, 4.69) is 15.3 Å². The van der Waals surface area contributed by atoms with Crippen LogP contribution in [0.2, 0.25) is 5.02 Å². The molecule has 2 aromatic carbocycles. The summed E-state index contributed by atoms with van der Waals surface area (Å²) in [6, 6.07) is 10.1. The number of halogens is 1. The van der Waals surface area contributed by atoms with Crippen LogP contribution in [0.5, 0.6) is 5.75 Å². The van der Waals surface area contributed by atoms with E-state index in [0.717, 1.165) is 5.56 Å². The van der Waals surface area contributed by atoms with E-state index in [-0.39, 0.29) is 23.4 Å². The molecule has 1 aliphatic heterocycles. The molecule has 1 aromatic heterocycles. The summed E-state index contributed by atoms with van der Waals surface area (Å²) >= 11 is 6.20. The third-order valence-corrected chi connectivity index (χ3v) is 4.88. The number of phenolic OH excluding ortho intramolecular Hbond substituents is 1. The van der Waals surface area contributed by atoms with Crippen LogP contribution in [0.15, 0.2) is 41.2 Å². The molecule has 1 atom stereocenters. The summed E-state index contributed by atoms with van der Waals surface area (Å²) in [5, 5.41) is 13.1. The van der Waals surface area contributed by atoms with E-state index in [1.165, 1.54) is 0 Å². The monoisotopic (exact) mass is 372 g/mol. The van der Waals surface area contributed by atoms with E-state index in [1.54, 1.807) is 29.2 Å². The number of piperazine rings is 1. The van der Waals surface area contributed by atoms with Crippen LogP contribution in [0.25, 0.3) is 11.0 Å². The number of hydrogen-bond donors (Lipinski definition) is 4. The zero-order valence-corrected chi connectivity index (χ0v) is 14.5. The molecule has 0 bridgehead atoms. The number of rotatable bonds is 2. The predicted octanol–water partition coefficient (Wildman–Crippen LogP) is 2.00. The number of amides is 1. The lowest BCUT2D eigenvalue weighted by molar-refractivity contribution is 0.0703. The molecular weight excluding hydrogens is 356 g/mol. The summed E-state index contributed by atoms with van der Waals surface area (Å²) < 4.78 is 0. The topological polar surface area (TPSA) is 101 Å². The number of imidazole rings is 1. The lowest BCUT2D eigenvalue weighted by Crippen LogP contribution is -2.48. The van der Waals surface area contributed by atoms with Crippen LogP contribution in [0.3, 0.4) is 0 Å². The van der Waals surface area contributed by atoms with Crippen LogP contribution in [0.1, 0.15) is 22.0 Å². The average Bonchev–Trinajstić information content (AvgIpc) is 3.03. The smallest absolute Gasteiger partial charge is 0.323 e. The van der Waals surface area contributed by atoms with Gasteiger partial charge in [0, 0.05) is 31.2 Å². The van der Waals surface area contributed by atoms with Crippen molar-refractivity contribution >= 4 is 28.5 Å². The number of nitrogens with one attached hydrogen (secondary N) is 3. The highest BCUT2D eigenvalue weighted by molar-refractivity contribution is 6.35. The Labute approximate surface area is 153 Å². The van der Waals surface area contributed by atoms with E-state index in [0.29, 0.717) is 41.3 Å². The molecule has 0 aliphatic carbocycles. The van der Waals surface area contributed by atoms with Crippen molar-refractivity contribution < 1.29 is 9.90 Å². The Morgan fingerprint density at radius 2 is 1.96 bits per heavy atom. The van der Waals surface area contributed by atoms with Crippen molar-refractivity contribution in [3.05, 3.63) is 63.0 Å². The first-order valence-corrected chi connectivity index (χ1v) is 8.62. The number of fused-ring (bicyclic) bond motifs is 1. The molecule has 0 radical (unpaired) electrons. The first kappa shape index (κ1) is 16.7. The number of phenols is 1. The number of aromatic hydroxyl groups is 1. The highest BCUT2D eigenvalue weighted by Gasteiger charge is 2.25. The number of hydrogen-bond acceptors (Lipinski definition) is 4. The van der Waals surface area contributed by atoms with Crippen LogP contribution < -0.4 is 11.0 Å². The maximum atomic E-state index is 12.9. The number of H-pyrrole nitrogens is 2. The highest BCUT2D eigenvalue weighted by atomic mass is 35.5. The number of aromatic amines is 2. The fraction of sp³-hybridized carbons (Fsp3) is 0.222. The largest absolute Gasteiger partial charge is 0.508 e. The third-order valence-electron chi connectivity index (χ3n) is 4.58. The second-order valence-electron chi connectivity index (χ2n) is 6.31. The van der Waals surface area contributed by atoms with E-state index < -0.39 is 0 Å². The number of benzene rings is 2. The number of nitrogens with zero attached hydrogens (tertiary/aromatic N) is 1. The van der Waals surface area contributed by atoms with Crippen LogP contribution in [-0.4, -0.2) is 45.5 Å². The highest BCUT2D eigenvalue weighted by Crippen LogP contribution is 2.24. The van der Waals surface area contributed by atoms with Crippen molar-refractivity contribution in [1.29, 1.82) is 0 Å². The van der Waals surface area contributed by atoms with Gasteiger partial charge in [0.05, 0.1) is 16.1 Å². The van der Waals surface area contributed by atoms with Gasteiger partial charge in [0.2, 0.25) is 0 Å². The molecule has 1 amide bonds. The van der Waals surface area contributed by atoms with Gasteiger partial charge in [-0.25, -0.2) is 4.79 Å². The van der Waals surface area contributed by atoms with Gasteiger partial charge < -0.3 is 25.3 Å². The maximum Gasteiger partial charge on any atom is 0.323 e. The summed E-state index contributed by atoms with van der Waals surface area (Å²) in [6.07, 6.45) is 0. The van der Waals surface area contributed by atoms with Crippen molar-refractivity contribution in [3.8, 4) is 5.75 Å². The minimum absolute atomic E-state index is 0.0143. The van der Waals surface area contributed by atoms with Crippen molar-refractivity contribution in [3.63, 3.8) is 0 Å². The van der Waals surface area contributed by atoms with Gasteiger partial charge >= 0.3 is 5.69 Å². The molecule has 8 heteroatoms. The molecule has 1 unspecified atom stereocenters. The van der Waals surface area contributed by atoms with Crippen molar-refractivity contribution in [1.82, 2.24) is 20.2 Å². The fourth-order valence-corrected chi connectivity index (χ4v) is 3.54. The average molecular weight is 373 g/mol. The fourth-order valence-electron chi connectivity index (χ4n) is 3.27. The molecule has 2 heterocycles. The summed E-state index contributed by atoms with van der Waals surface area (Å²) in [5.74, 6) is 0.0714. The van der Waals surface area contributed by atoms with Crippen LogP contribution >= 0.6 is 11.6 Å². The van der Waals surface area contributed by atoms with Crippen molar-refractivity contribution in [2.75, 3.05) is 19.6 Å². The molecule has 134 valence electrons. The minimum Gasteiger partial charge on any atom is -0.508 e. The molecule has 4 N–H and O–H groups in total. The van der Waals surface area contributed by atoms with Crippen LogP contribution in [-0.2, 0) is 0 Å². The zero-order chi connectivity index (χ0) is 18.3. The SMILES string of the molecule is O=C(c1cc(Cl)c2[nH]c(=O)[nH]c2c1)N1CCNC(c2ccc(O)cc2)C1. The molecule has 0 saturated carbocycles. The van der Waals surface area contributed by atoms with Gasteiger partial charge in [-0.2, -0.15) is 0 Å². The lowest BCUT2D eigenvalue weighted by atomic mass is 10.0. The Hall–Kier alpha value is -2.77. The molecule has 3 aromatic rings. The molecule has 4 rings (SSSR count). The van der Waals surface area contributed by atoms with Gasteiger partial charge in [0.1, 0.15) is 5.75 Å². The Kier molecular flexibility index (Phi) is 4.18. The molecule has 26 heavy (non-hydrogen) atoms. The van der Waals surface area contributed by atoms with Gasteiger partial charge in [-0.05, 0) is 29.8 Å². The summed E-state index contributed by atoms with van der Waals surface area (Å²) in [4.78, 5) is 31.4. The van der Waals surface area contributed by atoms with Crippen LogP contribution in [0, 0.1) is 0 Å². The minimum atomic E-state index is -0.360.